The molecule has 0 aromatic rings. The molecule has 0 aliphatic heterocycles. The van der Waals surface area contributed by atoms with E-state index < -0.39 is 12.0 Å². The molecule has 0 bridgehead atoms. The zero-order valence-corrected chi connectivity index (χ0v) is 12.1. The Morgan fingerprint density at radius 3 is 2.32 bits per heavy atom. The van der Waals surface area contributed by atoms with Gasteiger partial charge in [-0.25, -0.2) is 9.59 Å². The first-order valence-corrected chi connectivity index (χ1v) is 6.84. The van der Waals surface area contributed by atoms with Crippen molar-refractivity contribution in [1.29, 1.82) is 0 Å². The highest BCUT2D eigenvalue weighted by atomic mass is 16.4. The van der Waals surface area contributed by atoms with Gasteiger partial charge in [-0.1, -0.05) is 19.8 Å². The number of nitrogens with zero attached hydrogens (tertiary/aromatic N) is 1. The first-order valence-electron chi connectivity index (χ1n) is 6.84. The van der Waals surface area contributed by atoms with Gasteiger partial charge in [0.25, 0.3) is 0 Å². The summed E-state index contributed by atoms with van der Waals surface area (Å²) in [6, 6.07) is -1.26. The lowest BCUT2D eigenvalue weighted by Crippen LogP contribution is -2.50. The number of aliphatic hydroxyl groups excluding tert-OH is 1. The number of aliphatic carboxylic acids is 1. The second kappa shape index (κ2) is 9.61. The van der Waals surface area contributed by atoms with Gasteiger partial charge < -0.3 is 20.4 Å². The molecule has 1 unspecified atom stereocenters. The summed E-state index contributed by atoms with van der Waals surface area (Å²) in [6.07, 6.45) is 2.56. The van der Waals surface area contributed by atoms with Gasteiger partial charge in [0.2, 0.25) is 0 Å². The van der Waals surface area contributed by atoms with Crippen LogP contribution in [0, 0.1) is 0 Å². The maximum absolute atomic E-state index is 12.0. The number of carbonyl (C=O) groups excluding carboxylic acids is 1. The summed E-state index contributed by atoms with van der Waals surface area (Å²) >= 11 is 0. The number of nitrogens with one attached hydrogen (secondary N) is 1. The van der Waals surface area contributed by atoms with Crippen molar-refractivity contribution in [2.24, 2.45) is 0 Å². The minimum Gasteiger partial charge on any atom is -0.480 e. The lowest BCUT2D eigenvalue weighted by atomic mass is 10.1. The van der Waals surface area contributed by atoms with Crippen molar-refractivity contribution in [3.63, 3.8) is 0 Å². The van der Waals surface area contributed by atoms with Crippen LogP contribution >= 0.6 is 0 Å². The molecule has 0 aliphatic carbocycles. The standard InChI is InChI=1S/C13H26N2O4/c1-4-5-7-11(12(17)18)14-13(19)15(10(2)3)8-6-9-16/h10-11,16H,4-9H2,1-3H3,(H,14,19)(H,17,18). The molecule has 0 heterocycles. The summed E-state index contributed by atoms with van der Waals surface area (Å²) in [5.74, 6) is -1.01. The average molecular weight is 274 g/mol. The first kappa shape index (κ1) is 17.7. The van der Waals surface area contributed by atoms with Crippen molar-refractivity contribution < 1.29 is 19.8 Å². The van der Waals surface area contributed by atoms with Crippen molar-refractivity contribution in [2.45, 2.75) is 58.5 Å². The molecule has 0 saturated heterocycles. The van der Waals surface area contributed by atoms with Crippen LogP contribution in [-0.2, 0) is 4.79 Å². The van der Waals surface area contributed by atoms with E-state index in [9.17, 15) is 9.59 Å². The topological polar surface area (TPSA) is 89.9 Å². The van der Waals surface area contributed by atoms with Crippen molar-refractivity contribution in [3.05, 3.63) is 0 Å². The molecule has 0 fully saturated rings. The molecule has 1 atom stereocenters. The van der Waals surface area contributed by atoms with Crippen LogP contribution in [0.25, 0.3) is 0 Å². The molecule has 112 valence electrons. The van der Waals surface area contributed by atoms with E-state index in [1.165, 1.54) is 4.90 Å². The number of unbranched alkanes of at least 4 members (excludes halogenated alkanes) is 1. The molecule has 6 nitrogen and oxygen atoms in total. The van der Waals surface area contributed by atoms with E-state index in [1.807, 2.05) is 20.8 Å². The monoisotopic (exact) mass is 274 g/mol. The van der Waals surface area contributed by atoms with Gasteiger partial charge in [-0.15, -0.1) is 0 Å². The number of hydrogen-bond donors (Lipinski definition) is 3. The molecule has 0 saturated carbocycles. The van der Waals surface area contributed by atoms with Gasteiger partial charge in [0.1, 0.15) is 6.04 Å². The van der Waals surface area contributed by atoms with Gasteiger partial charge in [-0.05, 0) is 26.7 Å². The third-order valence-corrected chi connectivity index (χ3v) is 2.88. The third-order valence-electron chi connectivity index (χ3n) is 2.88. The Hall–Kier alpha value is -1.30. The Bertz CT molecular complexity index is 282. The molecule has 0 aromatic carbocycles. The van der Waals surface area contributed by atoms with E-state index in [0.717, 1.165) is 12.8 Å². The van der Waals surface area contributed by atoms with Crippen molar-refractivity contribution in [3.8, 4) is 0 Å². The zero-order valence-electron chi connectivity index (χ0n) is 12.1. The lowest BCUT2D eigenvalue weighted by molar-refractivity contribution is -0.139. The smallest absolute Gasteiger partial charge is 0.326 e. The summed E-state index contributed by atoms with van der Waals surface area (Å²) in [6.45, 7) is 6.12. The normalized spacial score (nSPS) is 12.3. The van der Waals surface area contributed by atoms with Gasteiger partial charge in [0.05, 0.1) is 0 Å². The Labute approximate surface area is 114 Å². The largest absolute Gasteiger partial charge is 0.480 e. The highest BCUT2D eigenvalue weighted by molar-refractivity contribution is 5.82. The fourth-order valence-electron chi connectivity index (χ4n) is 1.73. The van der Waals surface area contributed by atoms with Crippen LogP contribution in [0.4, 0.5) is 4.79 Å². The second-order valence-corrected chi connectivity index (χ2v) is 4.85. The lowest BCUT2D eigenvalue weighted by Gasteiger charge is -2.28. The van der Waals surface area contributed by atoms with E-state index in [4.69, 9.17) is 10.2 Å². The van der Waals surface area contributed by atoms with Crippen molar-refractivity contribution >= 4 is 12.0 Å². The highest BCUT2D eigenvalue weighted by Gasteiger charge is 2.23. The highest BCUT2D eigenvalue weighted by Crippen LogP contribution is 2.05. The van der Waals surface area contributed by atoms with Crippen molar-refractivity contribution in [1.82, 2.24) is 10.2 Å². The SMILES string of the molecule is CCCCC(NC(=O)N(CCCO)C(C)C)C(=O)O. The summed E-state index contributed by atoms with van der Waals surface area (Å²) in [5, 5.41) is 20.4. The average Bonchev–Trinajstić information content (AvgIpc) is 2.34. The van der Waals surface area contributed by atoms with E-state index >= 15 is 0 Å². The van der Waals surface area contributed by atoms with Crippen LogP contribution in [0.3, 0.4) is 0 Å². The Morgan fingerprint density at radius 1 is 1.26 bits per heavy atom. The molecular weight excluding hydrogens is 248 g/mol. The van der Waals surface area contributed by atoms with Crippen LogP contribution in [0.2, 0.25) is 0 Å². The molecule has 3 N–H and O–H groups in total. The van der Waals surface area contributed by atoms with Gasteiger partial charge in [0, 0.05) is 19.2 Å². The minimum absolute atomic E-state index is 0.00862. The molecule has 0 rings (SSSR count). The Kier molecular flexibility index (Phi) is 8.95. The number of amides is 2. The summed E-state index contributed by atoms with van der Waals surface area (Å²) < 4.78 is 0. The molecule has 2 amide bonds. The summed E-state index contributed by atoms with van der Waals surface area (Å²) in [4.78, 5) is 24.7. The number of carboxylic acids is 1. The Balaban J connectivity index is 4.52. The second-order valence-electron chi connectivity index (χ2n) is 4.85. The van der Waals surface area contributed by atoms with Gasteiger partial charge in [-0.2, -0.15) is 0 Å². The summed E-state index contributed by atoms with van der Waals surface area (Å²) in [7, 11) is 0. The van der Waals surface area contributed by atoms with E-state index in [-0.39, 0.29) is 18.7 Å². The fourth-order valence-corrected chi connectivity index (χ4v) is 1.73. The predicted octanol–water partition coefficient (Wildman–Crippen LogP) is 1.43. The van der Waals surface area contributed by atoms with Crippen LogP contribution in [-0.4, -0.2) is 52.3 Å². The molecule has 0 aliphatic rings. The maximum atomic E-state index is 12.0. The molecule has 6 heteroatoms. The minimum atomic E-state index is -1.01. The van der Waals surface area contributed by atoms with E-state index in [0.29, 0.717) is 19.4 Å². The number of aliphatic hydroxyl groups is 1. The first-order chi connectivity index (χ1) is 8.93. The summed E-state index contributed by atoms with van der Waals surface area (Å²) in [5.41, 5.74) is 0. The van der Waals surface area contributed by atoms with Gasteiger partial charge in [0.15, 0.2) is 0 Å². The van der Waals surface area contributed by atoms with Crippen molar-refractivity contribution in [2.75, 3.05) is 13.2 Å². The van der Waals surface area contributed by atoms with Crippen LogP contribution < -0.4 is 5.32 Å². The number of carbonyl (C=O) groups is 2. The molecule has 0 spiro atoms. The van der Waals surface area contributed by atoms with Crippen LogP contribution in [0.15, 0.2) is 0 Å². The third kappa shape index (κ3) is 7.00. The fraction of sp³-hybridized carbons (Fsp3) is 0.846. The van der Waals surface area contributed by atoms with Crippen LogP contribution in [0.1, 0.15) is 46.5 Å². The maximum Gasteiger partial charge on any atom is 0.326 e. The molecule has 0 radical (unpaired) electrons. The molecule has 0 aromatic heterocycles. The van der Waals surface area contributed by atoms with Crippen LogP contribution in [0.5, 0.6) is 0 Å². The van der Waals surface area contributed by atoms with Gasteiger partial charge in [-0.3, -0.25) is 0 Å². The predicted molar refractivity (Wildman–Crippen MR) is 73.0 cm³/mol. The Morgan fingerprint density at radius 2 is 1.89 bits per heavy atom. The van der Waals surface area contributed by atoms with E-state index in [2.05, 4.69) is 5.32 Å². The number of carboxylic acid groups (broad SMARTS) is 1. The van der Waals surface area contributed by atoms with E-state index in [1.54, 1.807) is 0 Å². The zero-order chi connectivity index (χ0) is 14.8. The number of urea groups is 1. The molecular formula is C13H26N2O4. The number of hydrogen-bond acceptors (Lipinski definition) is 3. The number of rotatable bonds is 9. The quantitative estimate of drug-likeness (QED) is 0.593. The van der Waals surface area contributed by atoms with Gasteiger partial charge >= 0.3 is 12.0 Å². The molecule has 19 heavy (non-hydrogen) atoms.